The van der Waals surface area contributed by atoms with Crippen molar-refractivity contribution in [3.8, 4) is 0 Å². The Morgan fingerprint density at radius 1 is 1.24 bits per heavy atom. The van der Waals surface area contributed by atoms with Gasteiger partial charge in [-0.1, -0.05) is 0 Å². The lowest BCUT2D eigenvalue weighted by atomic mass is 9.74. The van der Waals surface area contributed by atoms with Crippen molar-refractivity contribution in [1.82, 2.24) is 21.1 Å². The van der Waals surface area contributed by atoms with Crippen molar-refractivity contribution in [1.29, 1.82) is 0 Å². The van der Waals surface area contributed by atoms with Crippen LogP contribution < -0.4 is 16.2 Å². The number of allylic oxidation sites excluding steroid dienone is 1. The first kappa shape index (κ1) is 11.3. The molecular weight excluding hydrogens is 233 g/mol. The minimum Gasteiger partial charge on any atom is -0.317 e. The number of hydrogen-bond donors (Lipinski definition) is 3. The van der Waals surface area contributed by atoms with E-state index in [1.54, 1.807) is 0 Å². The largest absolute Gasteiger partial charge is 0.432 e. The lowest BCUT2D eigenvalue weighted by Gasteiger charge is -2.56. The molecule has 7 heteroatoms. The number of rotatable bonds is 2. The molecular formula is C10H15F3N4. The number of alkyl halides is 3. The second-order valence-corrected chi connectivity index (χ2v) is 5.20. The van der Waals surface area contributed by atoms with Crippen LogP contribution in [0.3, 0.4) is 0 Å². The third kappa shape index (κ3) is 1.92. The Bertz CT molecular complexity index is 351. The minimum absolute atomic E-state index is 0.274. The van der Waals surface area contributed by atoms with Crippen molar-refractivity contribution in [2.45, 2.75) is 6.18 Å². The summed E-state index contributed by atoms with van der Waals surface area (Å²) in [6, 6.07) is 0. The van der Waals surface area contributed by atoms with Gasteiger partial charge in [-0.25, -0.2) is 5.43 Å². The van der Waals surface area contributed by atoms with E-state index in [1.165, 1.54) is 0 Å². The van der Waals surface area contributed by atoms with E-state index in [9.17, 15) is 13.2 Å². The van der Waals surface area contributed by atoms with Crippen LogP contribution in [0.15, 0.2) is 11.3 Å². The van der Waals surface area contributed by atoms with Gasteiger partial charge < -0.3 is 10.7 Å². The van der Waals surface area contributed by atoms with Crippen LogP contribution in [0.25, 0.3) is 0 Å². The van der Waals surface area contributed by atoms with Crippen molar-refractivity contribution < 1.29 is 13.2 Å². The zero-order valence-corrected chi connectivity index (χ0v) is 9.32. The van der Waals surface area contributed by atoms with Gasteiger partial charge in [0.1, 0.15) is 5.70 Å². The Balaban J connectivity index is 1.61. The molecule has 3 heterocycles. The Morgan fingerprint density at radius 3 is 2.47 bits per heavy atom. The van der Waals surface area contributed by atoms with Crippen LogP contribution in [0.2, 0.25) is 0 Å². The molecule has 3 aliphatic heterocycles. The monoisotopic (exact) mass is 248 g/mol. The molecule has 0 radical (unpaired) electrons. The quantitative estimate of drug-likeness (QED) is 0.634. The van der Waals surface area contributed by atoms with E-state index in [2.05, 4.69) is 21.1 Å². The van der Waals surface area contributed by atoms with Crippen molar-refractivity contribution in [3.63, 3.8) is 0 Å². The zero-order valence-electron chi connectivity index (χ0n) is 9.32. The molecule has 3 aliphatic rings. The van der Waals surface area contributed by atoms with Gasteiger partial charge in [-0.2, -0.15) is 13.2 Å². The van der Waals surface area contributed by atoms with E-state index in [-0.39, 0.29) is 6.54 Å². The Kier molecular flexibility index (Phi) is 2.39. The maximum absolute atomic E-state index is 12.6. The smallest absolute Gasteiger partial charge is 0.317 e. The van der Waals surface area contributed by atoms with Crippen LogP contribution in [0, 0.1) is 5.41 Å². The third-order valence-electron chi connectivity index (χ3n) is 3.68. The SMILES string of the molecule is FC(F)(F)C1=C(CN2CC3(CNC3)C2)CNN1. The van der Waals surface area contributed by atoms with Gasteiger partial charge in [0.15, 0.2) is 0 Å². The number of nitrogens with one attached hydrogen (secondary N) is 3. The highest BCUT2D eigenvalue weighted by molar-refractivity contribution is 5.24. The zero-order chi connectivity index (χ0) is 12.1. The van der Waals surface area contributed by atoms with Crippen LogP contribution >= 0.6 is 0 Å². The molecule has 4 nitrogen and oxygen atoms in total. The van der Waals surface area contributed by atoms with Crippen LogP contribution in [0.5, 0.6) is 0 Å². The second kappa shape index (κ2) is 3.60. The van der Waals surface area contributed by atoms with E-state index < -0.39 is 11.9 Å². The summed E-state index contributed by atoms with van der Waals surface area (Å²) in [6.45, 7) is 4.52. The molecule has 96 valence electrons. The molecule has 0 bridgehead atoms. The molecule has 0 saturated carbocycles. The van der Waals surface area contributed by atoms with Crippen LogP contribution in [0.4, 0.5) is 13.2 Å². The molecule has 3 N–H and O–H groups in total. The number of hydrogen-bond acceptors (Lipinski definition) is 4. The average molecular weight is 248 g/mol. The maximum Gasteiger partial charge on any atom is 0.432 e. The average Bonchev–Trinajstić information content (AvgIpc) is 2.53. The predicted molar refractivity (Wildman–Crippen MR) is 56.0 cm³/mol. The molecule has 0 aliphatic carbocycles. The van der Waals surface area contributed by atoms with Crippen LogP contribution in [0.1, 0.15) is 0 Å². The van der Waals surface area contributed by atoms with E-state index in [0.717, 1.165) is 26.2 Å². The van der Waals surface area contributed by atoms with Gasteiger partial charge >= 0.3 is 6.18 Å². The Morgan fingerprint density at radius 2 is 1.94 bits per heavy atom. The summed E-state index contributed by atoms with van der Waals surface area (Å²) in [5.74, 6) is 0. The van der Waals surface area contributed by atoms with Crippen molar-refractivity contribution in [2.75, 3.05) is 39.3 Å². The topological polar surface area (TPSA) is 39.3 Å². The standard InChI is InChI=1S/C10H15F3N4/c11-10(12,13)8-7(1-15-16-8)2-17-5-9(6-17)3-14-4-9/h14-16H,1-6H2. The highest BCUT2D eigenvalue weighted by atomic mass is 19.4. The molecule has 0 unspecified atom stereocenters. The third-order valence-corrected chi connectivity index (χ3v) is 3.68. The summed E-state index contributed by atoms with van der Waals surface area (Å²) >= 11 is 0. The molecule has 0 aromatic heterocycles. The van der Waals surface area contributed by atoms with Gasteiger partial charge in [-0.3, -0.25) is 4.90 Å². The minimum atomic E-state index is -4.28. The number of hydrazine groups is 1. The summed E-state index contributed by atoms with van der Waals surface area (Å²) < 4.78 is 37.9. The molecule has 0 atom stereocenters. The summed E-state index contributed by atoms with van der Waals surface area (Å²) in [7, 11) is 0. The first-order chi connectivity index (χ1) is 7.99. The molecule has 1 spiro atoms. The van der Waals surface area contributed by atoms with E-state index in [1.807, 2.05) is 0 Å². The molecule has 17 heavy (non-hydrogen) atoms. The molecule has 2 saturated heterocycles. The first-order valence-electron chi connectivity index (χ1n) is 5.70. The fraction of sp³-hybridized carbons (Fsp3) is 0.800. The van der Waals surface area contributed by atoms with Gasteiger partial charge in [0.2, 0.25) is 0 Å². The Labute approximate surface area is 97.2 Å². The summed E-state index contributed by atoms with van der Waals surface area (Å²) in [4.78, 5) is 2.08. The number of likely N-dealkylation sites (tertiary alicyclic amines) is 1. The van der Waals surface area contributed by atoms with Crippen molar-refractivity contribution in [2.24, 2.45) is 5.41 Å². The lowest BCUT2D eigenvalue weighted by molar-refractivity contribution is -0.0978. The molecule has 0 aromatic rings. The first-order valence-corrected chi connectivity index (χ1v) is 5.70. The summed E-state index contributed by atoms with van der Waals surface area (Å²) in [6.07, 6.45) is -4.28. The van der Waals surface area contributed by atoms with Gasteiger partial charge in [-0.15, -0.1) is 0 Å². The molecule has 2 fully saturated rings. The molecule has 3 rings (SSSR count). The second-order valence-electron chi connectivity index (χ2n) is 5.20. The van der Waals surface area contributed by atoms with Gasteiger partial charge in [-0.05, 0) is 5.57 Å². The fourth-order valence-corrected chi connectivity index (χ4v) is 2.81. The fourth-order valence-electron chi connectivity index (χ4n) is 2.81. The van der Waals surface area contributed by atoms with Crippen LogP contribution in [-0.2, 0) is 0 Å². The van der Waals surface area contributed by atoms with Gasteiger partial charge in [0, 0.05) is 44.7 Å². The van der Waals surface area contributed by atoms with E-state index >= 15 is 0 Å². The van der Waals surface area contributed by atoms with Crippen LogP contribution in [-0.4, -0.2) is 50.3 Å². The summed E-state index contributed by atoms with van der Waals surface area (Å²) in [5.41, 5.74) is 4.93. The van der Waals surface area contributed by atoms with Gasteiger partial charge in [0.05, 0.1) is 0 Å². The lowest BCUT2D eigenvalue weighted by Crippen LogP contribution is -2.71. The highest BCUT2D eigenvalue weighted by Crippen LogP contribution is 2.35. The molecule has 0 amide bonds. The van der Waals surface area contributed by atoms with Gasteiger partial charge in [0.25, 0.3) is 0 Å². The Hall–Kier alpha value is -0.790. The van der Waals surface area contributed by atoms with E-state index in [0.29, 0.717) is 17.5 Å². The summed E-state index contributed by atoms with van der Waals surface area (Å²) in [5, 5.41) is 3.21. The molecule has 0 aromatic carbocycles. The number of halogens is 3. The normalized spacial score (nSPS) is 27.9. The predicted octanol–water partition coefficient (Wildman–Crippen LogP) is -0.184. The highest BCUT2D eigenvalue weighted by Gasteiger charge is 2.48. The van der Waals surface area contributed by atoms with E-state index in [4.69, 9.17) is 0 Å². The van der Waals surface area contributed by atoms with Crippen molar-refractivity contribution >= 4 is 0 Å². The number of nitrogens with zero attached hydrogens (tertiary/aromatic N) is 1. The van der Waals surface area contributed by atoms with Crippen molar-refractivity contribution in [3.05, 3.63) is 11.3 Å². The maximum atomic E-state index is 12.6.